The van der Waals surface area contributed by atoms with Gasteiger partial charge in [0.05, 0.1) is 18.8 Å². The number of ether oxygens (including phenoxy) is 3. The summed E-state index contributed by atoms with van der Waals surface area (Å²) in [5.74, 6) is -0.715. The van der Waals surface area contributed by atoms with E-state index in [-0.39, 0.29) is 12.7 Å². The zero-order valence-corrected chi connectivity index (χ0v) is 12.5. The zero-order chi connectivity index (χ0) is 14.8. The first kappa shape index (κ1) is 16.2. The third-order valence-electron chi connectivity index (χ3n) is 2.65. The Morgan fingerprint density at radius 2 is 2.00 bits per heavy atom. The third kappa shape index (κ3) is 4.97. The summed E-state index contributed by atoms with van der Waals surface area (Å²) >= 11 is 0. The maximum atomic E-state index is 11.7. The second-order valence-electron chi connectivity index (χ2n) is 6.24. The van der Waals surface area contributed by atoms with Crippen LogP contribution in [0.4, 0.5) is 4.79 Å². The van der Waals surface area contributed by atoms with Crippen LogP contribution in [0.25, 0.3) is 0 Å². The Bertz CT molecular complexity index is 323. The van der Waals surface area contributed by atoms with Crippen LogP contribution >= 0.6 is 0 Å². The number of rotatable bonds is 3. The van der Waals surface area contributed by atoms with Gasteiger partial charge in [-0.25, -0.2) is 4.79 Å². The SMILES string of the molecule is CC1OC(C)(C)OC1C(CO)NC(=O)OC(C)(C)C. The Labute approximate surface area is 114 Å². The van der Waals surface area contributed by atoms with E-state index in [0.717, 1.165) is 0 Å². The highest BCUT2D eigenvalue weighted by molar-refractivity contribution is 5.68. The molecule has 0 radical (unpaired) electrons. The summed E-state index contributed by atoms with van der Waals surface area (Å²) in [6.45, 7) is 10.5. The predicted octanol–water partition coefficient (Wildman–Crippen LogP) is 1.41. The average Bonchev–Trinajstić information content (AvgIpc) is 2.46. The number of alkyl carbamates (subject to hydrolysis) is 1. The predicted molar refractivity (Wildman–Crippen MR) is 69.7 cm³/mol. The molecule has 3 atom stereocenters. The molecule has 0 aliphatic carbocycles. The monoisotopic (exact) mass is 275 g/mol. The zero-order valence-electron chi connectivity index (χ0n) is 12.5. The van der Waals surface area contributed by atoms with Gasteiger partial charge in [0, 0.05) is 0 Å². The molecule has 1 heterocycles. The van der Waals surface area contributed by atoms with Gasteiger partial charge in [-0.2, -0.15) is 0 Å². The van der Waals surface area contributed by atoms with Crippen molar-refractivity contribution in [2.45, 2.75) is 71.2 Å². The number of aliphatic hydroxyl groups is 1. The summed E-state index contributed by atoms with van der Waals surface area (Å²) in [5, 5.41) is 12.0. The maximum Gasteiger partial charge on any atom is 0.408 e. The van der Waals surface area contributed by atoms with E-state index in [0.29, 0.717) is 0 Å². The van der Waals surface area contributed by atoms with Gasteiger partial charge in [-0.15, -0.1) is 0 Å². The molecule has 1 saturated heterocycles. The van der Waals surface area contributed by atoms with Gasteiger partial charge in [-0.1, -0.05) is 0 Å². The topological polar surface area (TPSA) is 77.0 Å². The smallest absolute Gasteiger partial charge is 0.408 e. The molecular formula is C13H25NO5. The van der Waals surface area contributed by atoms with E-state index in [4.69, 9.17) is 14.2 Å². The van der Waals surface area contributed by atoms with E-state index in [1.807, 2.05) is 6.92 Å². The first-order valence-corrected chi connectivity index (χ1v) is 6.50. The number of hydrogen-bond acceptors (Lipinski definition) is 5. The van der Waals surface area contributed by atoms with Crippen molar-refractivity contribution in [2.75, 3.05) is 6.61 Å². The summed E-state index contributed by atoms with van der Waals surface area (Å²) in [6.07, 6.45) is -1.21. The van der Waals surface area contributed by atoms with E-state index >= 15 is 0 Å². The van der Waals surface area contributed by atoms with Gasteiger partial charge in [0.15, 0.2) is 5.79 Å². The minimum absolute atomic E-state index is 0.220. The largest absolute Gasteiger partial charge is 0.444 e. The summed E-state index contributed by atoms with van der Waals surface area (Å²) in [5.41, 5.74) is -0.581. The maximum absolute atomic E-state index is 11.7. The molecule has 3 unspecified atom stereocenters. The second-order valence-corrected chi connectivity index (χ2v) is 6.24. The van der Waals surface area contributed by atoms with Crippen molar-refractivity contribution in [3.63, 3.8) is 0 Å². The fourth-order valence-electron chi connectivity index (χ4n) is 2.07. The van der Waals surface area contributed by atoms with E-state index in [1.165, 1.54) is 0 Å². The number of aliphatic hydroxyl groups excluding tert-OH is 1. The lowest BCUT2D eigenvalue weighted by Gasteiger charge is -2.27. The summed E-state index contributed by atoms with van der Waals surface area (Å²) in [6, 6.07) is -0.563. The number of carbonyl (C=O) groups excluding carboxylic acids is 1. The van der Waals surface area contributed by atoms with Crippen LogP contribution in [0.15, 0.2) is 0 Å². The fraction of sp³-hybridized carbons (Fsp3) is 0.923. The molecule has 1 aliphatic heterocycles. The van der Waals surface area contributed by atoms with Gasteiger partial charge in [-0.3, -0.25) is 0 Å². The Balaban J connectivity index is 2.62. The van der Waals surface area contributed by atoms with E-state index in [1.54, 1.807) is 34.6 Å². The van der Waals surface area contributed by atoms with Gasteiger partial charge in [0.1, 0.15) is 11.7 Å². The first-order chi connectivity index (χ1) is 8.54. The Morgan fingerprint density at radius 3 is 2.37 bits per heavy atom. The van der Waals surface area contributed by atoms with Gasteiger partial charge in [0.25, 0.3) is 0 Å². The molecule has 2 N–H and O–H groups in total. The number of hydrogen-bond donors (Lipinski definition) is 2. The summed E-state index contributed by atoms with van der Waals surface area (Å²) in [7, 11) is 0. The molecule has 6 heteroatoms. The lowest BCUT2D eigenvalue weighted by molar-refractivity contribution is -0.148. The van der Waals surface area contributed by atoms with Gasteiger partial charge in [-0.05, 0) is 41.5 Å². The standard InChI is InChI=1S/C13H25NO5/c1-8-10(18-13(5,6)17-8)9(7-15)14-11(16)19-12(2,3)4/h8-10,15H,7H2,1-6H3,(H,14,16). The van der Waals surface area contributed by atoms with Crippen molar-refractivity contribution in [3.05, 3.63) is 0 Å². The molecular weight excluding hydrogens is 250 g/mol. The highest BCUT2D eigenvalue weighted by Crippen LogP contribution is 2.29. The Kier molecular flexibility index (Phi) is 4.81. The molecule has 0 saturated carbocycles. The molecule has 0 aromatic carbocycles. The van der Waals surface area contributed by atoms with E-state index in [9.17, 15) is 9.90 Å². The highest BCUT2D eigenvalue weighted by Gasteiger charge is 2.43. The van der Waals surface area contributed by atoms with Crippen molar-refractivity contribution in [3.8, 4) is 0 Å². The van der Waals surface area contributed by atoms with Crippen molar-refractivity contribution in [1.82, 2.24) is 5.32 Å². The van der Waals surface area contributed by atoms with Crippen LogP contribution < -0.4 is 5.32 Å². The number of amides is 1. The van der Waals surface area contributed by atoms with Gasteiger partial charge >= 0.3 is 6.09 Å². The van der Waals surface area contributed by atoms with Crippen molar-refractivity contribution in [1.29, 1.82) is 0 Å². The molecule has 6 nitrogen and oxygen atoms in total. The van der Waals surface area contributed by atoms with Gasteiger partial charge < -0.3 is 24.6 Å². The molecule has 1 fully saturated rings. The van der Waals surface area contributed by atoms with Crippen LogP contribution in [0.2, 0.25) is 0 Å². The first-order valence-electron chi connectivity index (χ1n) is 6.50. The normalized spacial score (nSPS) is 27.9. The molecule has 19 heavy (non-hydrogen) atoms. The van der Waals surface area contributed by atoms with E-state index < -0.39 is 29.6 Å². The number of nitrogens with one attached hydrogen (secondary N) is 1. The molecule has 0 aromatic heterocycles. The molecule has 1 rings (SSSR count). The molecule has 112 valence electrons. The lowest BCUT2D eigenvalue weighted by atomic mass is 10.1. The van der Waals surface area contributed by atoms with E-state index in [2.05, 4.69) is 5.32 Å². The highest BCUT2D eigenvalue weighted by atomic mass is 16.8. The van der Waals surface area contributed by atoms with Crippen LogP contribution in [0.5, 0.6) is 0 Å². The van der Waals surface area contributed by atoms with Crippen LogP contribution in [0.3, 0.4) is 0 Å². The third-order valence-corrected chi connectivity index (χ3v) is 2.65. The lowest BCUT2D eigenvalue weighted by Crippen LogP contribution is -2.50. The average molecular weight is 275 g/mol. The van der Waals surface area contributed by atoms with Crippen molar-refractivity contribution < 1.29 is 24.1 Å². The Morgan fingerprint density at radius 1 is 1.42 bits per heavy atom. The summed E-state index contributed by atoms with van der Waals surface area (Å²) < 4.78 is 16.5. The van der Waals surface area contributed by atoms with Crippen LogP contribution in [0, 0.1) is 0 Å². The van der Waals surface area contributed by atoms with Crippen LogP contribution in [0.1, 0.15) is 41.5 Å². The molecule has 0 aromatic rings. The quantitative estimate of drug-likeness (QED) is 0.814. The fourth-order valence-corrected chi connectivity index (χ4v) is 2.07. The molecule has 1 aliphatic rings. The minimum atomic E-state index is -0.715. The summed E-state index contributed by atoms with van der Waals surface area (Å²) in [4.78, 5) is 11.7. The van der Waals surface area contributed by atoms with Crippen LogP contribution in [-0.4, -0.2) is 47.4 Å². The van der Waals surface area contributed by atoms with Crippen molar-refractivity contribution in [2.24, 2.45) is 0 Å². The van der Waals surface area contributed by atoms with Gasteiger partial charge in [0.2, 0.25) is 0 Å². The van der Waals surface area contributed by atoms with Crippen molar-refractivity contribution >= 4 is 6.09 Å². The molecule has 0 bridgehead atoms. The number of carbonyl (C=O) groups is 1. The molecule has 0 spiro atoms. The minimum Gasteiger partial charge on any atom is -0.444 e. The second kappa shape index (κ2) is 5.64. The Hall–Kier alpha value is -0.850. The van der Waals surface area contributed by atoms with Crippen LogP contribution in [-0.2, 0) is 14.2 Å². The molecule has 1 amide bonds.